The van der Waals surface area contributed by atoms with Gasteiger partial charge in [-0.3, -0.25) is 0 Å². The Hall–Kier alpha value is -1.90. The van der Waals surface area contributed by atoms with Crippen LogP contribution in [-0.2, 0) is 16.0 Å². The zero-order valence-corrected chi connectivity index (χ0v) is 23.0. The minimum atomic E-state index is -4.50. The first-order chi connectivity index (χ1) is 17.7. The first kappa shape index (κ1) is 29.1. The zero-order valence-electron chi connectivity index (χ0n) is 22.2. The second kappa shape index (κ2) is 10.9. The van der Waals surface area contributed by atoms with Crippen LogP contribution < -0.4 is 0 Å². The van der Waals surface area contributed by atoms with Crippen molar-refractivity contribution in [3.63, 3.8) is 0 Å². The molecule has 0 spiro atoms. The Balaban J connectivity index is 1.44. The number of rotatable bonds is 6. The molecule has 0 unspecified atom stereocenters. The second-order valence-electron chi connectivity index (χ2n) is 11.8. The van der Waals surface area contributed by atoms with Crippen LogP contribution in [0.5, 0.6) is 0 Å². The fourth-order valence-electron chi connectivity index (χ4n) is 7.19. The van der Waals surface area contributed by atoms with Gasteiger partial charge in [0.1, 0.15) is 0 Å². The van der Waals surface area contributed by atoms with E-state index in [9.17, 15) is 31.8 Å². The number of alkyl halides is 3. The topological polar surface area (TPSA) is 74.6 Å². The van der Waals surface area contributed by atoms with E-state index in [0.29, 0.717) is 36.7 Å². The molecule has 3 aliphatic carbocycles. The van der Waals surface area contributed by atoms with E-state index in [1.165, 1.54) is 5.57 Å². The van der Waals surface area contributed by atoms with Gasteiger partial charge in [0.15, 0.2) is 9.84 Å². The molecule has 38 heavy (non-hydrogen) atoms. The molecule has 0 aromatic heterocycles. The van der Waals surface area contributed by atoms with Gasteiger partial charge in [0.05, 0.1) is 28.4 Å². The summed E-state index contributed by atoms with van der Waals surface area (Å²) in [7, 11) is -3.68. The maximum atomic E-state index is 12.9. The molecule has 4 rings (SSSR count). The molecule has 0 bridgehead atoms. The van der Waals surface area contributed by atoms with Gasteiger partial charge in [-0.25, -0.2) is 8.42 Å². The van der Waals surface area contributed by atoms with Gasteiger partial charge >= 0.3 is 6.18 Å². The van der Waals surface area contributed by atoms with Gasteiger partial charge in [-0.2, -0.15) is 13.2 Å². The van der Waals surface area contributed by atoms with Crippen LogP contribution in [0.3, 0.4) is 0 Å². The van der Waals surface area contributed by atoms with Crippen molar-refractivity contribution in [1.82, 2.24) is 0 Å². The number of allylic oxidation sites excluding steroid dienone is 3. The highest BCUT2D eigenvalue weighted by Gasteiger charge is 2.50. The largest absolute Gasteiger partial charge is 0.416 e. The van der Waals surface area contributed by atoms with Crippen molar-refractivity contribution in [3.05, 3.63) is 65.3 Å². The molecule has 0 saturated heterocycles. The molecular weight excluding hydrogens is 513 g/mol. The summed E-state index contributed by atoms with van der Waals surface area (Å²) in [6, 6.07) is 3.77. The Morgan fingerprint density at radius 3 is 2.50 bits per heavy atom. The Bertz CT molecular complexity index is 1200. The monoisotopic (exact) mass is 552 g/mol. The van der Waals surface area contributed by atoms with Crippen LogP contribution in [0.15, 0.2) is 64.6 Å². The van der Waals surface area contributed by atoms with Gasteiger partial charge in [0.2, 0.25) is 0 Å². The van der Waals surface area contributed by atoms with Crippen LogP contribution in [0.2, 0.25) is 0 Å². The Labute approximate surface area is 224 Å². The minimum absolute atomic E-state index is 0.0583. The number of sulfone groups is 1. The SMILES string of the molecule is C=C1C(=CC=C2CCC[C@]3(C)[C@@H]([C@H](C)CCS(=O)(=O)c4ccc(C(F)(F)F)cc4)CC[C@@H]23)C[C@@H](O)C[C@@H]1O. The molecule has 210 valence electrons. The molecule has 6 atom stereocenters. The van der Waals surface area contributed by atoms with Gasteiger partial charge in [0, 0.05) is 6.42 Å². The first-order valence-electron chi connectivity index (χ1n) is 13.6. The smallest absolute Gasteiger partial charge is 0.393 e. The average molecular weight is 553 g/mol. The first-order valence-corrected chi connectivity index (χ1v) is 15.2. The predicted octanol–water partition coefficient (Wildman–Crippen LogP) is 6.65. The highest BCUT2D eigenvalue weighted by Crippen LogP contribution is 2.59. The van der Waals surface area contributed by atoms with Crippen LogP contribution in [0.25, 0.3) is 0 Å². The molecule has 2 N–H and O–H groups in total. The van der Waals surface area contributed by atoms with Crippen LogP contribution in [0.4, 0.5) is 13.2 Å². The molecule has 8 heteroatoms. The molecular formula is C30H39F3O4S. The van der Waals surface area contributed by atoms with Crippen molar-refractivity contribution in [1.29, 1.82) is 0 Å². The standard InChI is InChI=1S/C30H39F3O4S/c1-19(14-16-38(36,37)25-10-8-23(9-11-25)30(31,32)33)26-12-13-27-21(5-4-15-29(26,27)3)6-7-22-17-24(34)18-28(35)20(22)2/h6-11,19,24,26-28,34-35H,2,4-5,12-18H2,1,3H3/t19-,24-,26-,27+,28+,29-/m1/s1. The van der Waals surface area contributed by atoms with Crippen LogP contribution in [-0.4, -0.2) is 36.6 Å². The van der Waals surface area contributed by atoms with E-state index in [2.05, 4.69) is 26.5 Å². The molecule has 3 fully saturated rings. The fraction of sp³-hybridized carbons (Fsp3) is 0.600. The molecule has 0 amide bonds. The summed E-state index contributed by atoms with van der Waals surface area (Å²) >= 11 is 0. The van der Waals surface area contributed by atoms with Gasteiger partial charge in [-0.15, -0.1) is 0 Å². The summed E-state index contributed by atoms with van der Waals surface area (Å²) < 4.78 is 64.4. The molecule has 1 aromatic carbocycles. The van der Waals surface area contributed by atoms with E-state index >= 15 is 0 Å². The van der Waals surface area contributed by atoms with E-state index < -0.39 is 33.8 Å². The van der Waals surface area contributed by atoms with Gasteiger partial charge in [-0.05, 0) is 104 Å². The number of hydrogen-bond donors (Lipinski definition) is 2. The van der Waals surface area contributed by atoms with Crippen molar-refractivity contribution < 1.29 is 31.8 Å². The summed E-state index contributed by atoms with van der Waals surface area (Å²) in [6.07, 6.45) is 4.88. The number of halogens is 3. The van der Waals surface area contributed by atoms with Crippen LogP contribution in [0, 0.1) is 23.2 Å². The van der Waals surface area contributed by atoms with E-state index in [1.54, 1.807) is 0 Å². The van der Waals surface area contributed by atoms with E-state index in [1.807, 2.05) is 6.08 Å². The molecule has 4 nitrogen and oxygen atoms in total. The second-order valence-corrected chi connectivity index (χ2v) is 13.9. The number of fused-ring (bicyclic) bond motifs is 1. The quantitative estimate of drug-likeness (QED) is 0.415. The number of aliphatic hydroxyl groups is 2. The normalized spacial score (nSPS) is 33.5. The molecule has 3 aliphatic rings. The maximum absolute atomic E-state index is 12.9. The summed E-state index contributed by atoms with van der Waals surface area (Å²) in [4.78, 5) is -0.0660. The molecule has 1 aromatic rings. The van der Waals surface area contributed by atoms with Gasteiger partial charge < -0.3 is 10.2 Å². The predicted molar refractivity (Wildman–Crippen MR) is 142 cm³/mol. The van der Waals surface area contributed by atoms with Crippen LogP contribution >= 0.6 is 0 Å². The summed E-state index contributed by atoms with van der Waals surface area (Å²) in [5.74, 6) is 0.840. The number of hydrogen-bond acceptors (Lipinski definition) is 4. The van der Waals surface area contributed by atoms with E-state index in [0.717, 1.165) is 61.9 Å². The number of benzene rings is 1. The van der Waals surface area contributed by atoms with E-state index in [-0.39, 0.29) is 22.0 Å². The highest BCUT2D eigenvalue weighted by atomic mass is 32.2. The molecule has 0 aliphatic heterocycles. The lowest BCUT2D eigenvalue weighted by Gasteiger charge is -2.44. The molecule has 3 saturated carbocycles. The van der Waals surface area contributed by atoms with Gasteiger partial charge in [-0.1, -0.05) is 38.2 Å². The summed E-state index contributed by atoms with van der Waals surface area (Å²) in [5, 5.41) is 20.2. The maximum Gasteiger partial charge on any atom is 0.416 e. The average Bonchev–Trinajstić information content (AvgIpc) is 3.21. The van der Waals surface area contributed by atoms with Crippen LogP contribution in [0.1, 0.15) is 70.8 Å². The van der Waals surface area contributed by atoms with Crippen molar-refractivity contribution in [2.75, 3.05) is 5.75 Å². The van der Waals surface area contributed by atoms with Crippen molar-refractivity contribution in [3.8, 4) is 0 Å². The molecule has 0 heterocycles. The highest BCUT2D eigenvalue weighted by molar-refractivity contribution is 7.91. The van der Waals surface area contributed by atoms with Crippen molar-refractivity contribution in [2.45, 2.75) is 88.5 Å². The number of aliphatic hydroxyl groups excluding tert-OH is 2. The third kappa shape index (κ3) is 5.97. The Morgan fingerprint density at radius 1 is 1.16 bits per heavy atom. The Kier molecular flexibility index (Phi) is 8.37. The third-order valence-corrected chi connectivity index (χ3v) is 11.1. The summed E-state index contributed by atoms with van der Waals surface area (Å²) in [6.45, 7) is 8.44. The lowest BCUT2D eigenvalue weighted by Crippen LogP contribution is -2.36. The lowest BCUT2D eigenvalue weighted by molar-refractivity contribution is -0.137. The van der Waals surface area contributed by atoms with E-state index in [4.69, 9.17) is 0 Å². The molecule has 0 radical (unpaired) electrons. The zero-order chi connectivity index (χ0) is 27.9. The minimum Gasteiger partial charge on any atom is -0.393 e. The third-order valence-electron chi connectivity index (χ3n) is 9.37. The van der Waals surface area contributed by atoms with Crippen molar-refractivity contribution in [2.24, 2.45) is 23.2 Å². The van der Waals surface area contributed by atoms with Gasteiger partial charge in [0.25, 0.3) is 0 Å². The Morgan fingerprint density at radius 2 is 1.84 bits per heavy atom. The fourth-order valence-corrected chi connectivity index (χ4v) is 8.66. The summed E-state index contributed by atoms with van der Waals surface area (Å²) in [5.41, 5.74) is 2.15. The lowest BCUT2D eigenvalue weighted by atomic mass is 9.61. The van der Waals surface area contributed by atoms with Crippen molar-refractivity contribution >= 4 is 9.84 Å².